The van der Waals surface area contributed by atoms with Crippen LogP contribution in [0.4, 0.5) is 5.69 Å². The third-order valence-corrected chi connectivity index (χ3v) is 3.60. The van der Waals surface area contributed by atoms with Crippen molar-refractivity contribution in [1.29, 1.82) is 0 Å². The molecule has 0 saturated heterocycles. The van der Waals surface area contributed by atoms with Crippen molar-refractivity contribution < 1.29 is 24.7 Å². The Bertz CT molecular complexity index is 786. The molecule has 25 heavy (non-hydrogen) atoms. The normalized spacial score (nSPS) is 9.96. The van der Waals surface area contributed by atoms with E-state index in [4.69, 9.17) is 10.2 Å². The number of hydrogen-bond donors (Lipinski definition) is 2. The largest absolute Gasteiger partial charge is 0.481 e. The summed E-state index contributed by atoms with van der Waals surface area (Å²) in [5, 5.41) is 27.1. The van der Waals surface area contributed by atoms with Gasteiger partial charge in [0.2, 0.25) is 0 Å². The minimum Gasteiger partial charge on any atom is -0.481 e. The van der Waals surface area contributed by atoms with E-state index in [2.05, 4.69) is 15.9 Å². The van der Waals surface area contributed by atoms with E-state index >= 15 is 0 Å². The van der Waals surface area contributed by atoms with E-state index in [-0.39, 0.29) is 12.1 Å². The first-order valence-corrected chi connectivity index (χ1v) is 7.69. The number of carboxylic acids is 2. The van der Waals surface area contributed by atoms with Crippen LogP contribution >= 0.6 is 15.9 Å². The molecule has 0 radical (unpaired) electrons. The average molecular weight is 408 g/mol. The average Bonchev–Trinajstić information content (AvgIpc) is 2.55. The zero-order valence-electron chi connectivity index (χ0n) is 12.8. The van der Waals surface area contributed by atoms with Gasteiger partial charge in [-0.25, -0.2) is 4.79 Å². The van der Waals surface area contributed by atoms with Crippen LogP contribution in [-0.2, 0) is 16.0 Å². The molecule has 0 fully saturated rings. The Morgan fingerprint density at radius 3 is 2.16 bits per heavy atom. The first kappa shape index (κ1) is 20.0. The number of benzene rings is 2. The summed E-state index contributed by atoms with van der Waals surface area (Å²) in [7, 11) is 0. The van der Waals surface area contributed by atoms with Gasteiger partial charge in [0.25, 0.3) is 5.69 Å². The van der Waals surface area contributed by atoms with Gasteiger partial charge in [0.1, 0.15) is 0 Å². The maximum atomic E-state index is 10.3. The lowest BCUT2D eigenvalue weighted by molar-refractivity contribution is -0.384. The van der Waals surface area contributed by atoms with Gasteiger partial charge in [-0.3, -0.25) is 14.9 Å². The molecule has 0 bridgehead atoms. The van der Waals surface area contributed by atoms with Crippen molar-refractivity contribution >= 4 is 39.6 Å². The van der Waals surface area contributed by atoms with Gasteiger partial charge < -0.3 is 10.2 Å². The van der Waals surface area contributed by atoms with Crippen LogP contribution in [0.3, 0.4) is 0 Å². The van der Waals surface area contributed by atoms with Gasteiger partial charge in [-0.05, 0) is 35.4 Å². The van der Waals surface area contributed by atoms with Gasteiger partial charge in [-0.2, -0.15) is 0 Å². The Balaban J connectivity index is 0.000000257. The van der Waals surface area contributed by atoms with Crippen LogP contribution in [0.25, 0.3) is 6.08 Å². The Morgan fingerprint density at radius 2 is 1.68 bits per heavy atom. The second-order valence-corrected chi connectivity index (χ2v) is 5.54. The quantitative estimate of drug-likeness (QED) is 0.442. The van der Waals surface area contributed by atoms with Gasteiger partial charge in [0.15, 0.2) is 0 Å². The van der Waals surface area contributed by atoms with Crippen LogP contribution < -0.4 is 0 Å². The lowest BCUT2D eigenvalue weighted by atomic mass is 10.2. The van der Waals surface area contributed by atoms with Crippen molar-refractivity contribution in [2.45, 2.75) is 6.42 Å². The van der Waals surface area contributed by atoms with Crippen molar-refractivity contribution in [3.8, 4) is 0 Å². The summed E-state index contributed by atoms with van der Waals surface area (Å²) in [6.07, 6.45) is 2.41. The van der Waals surface area contributed by atoms with Crippen molar-refractivity contribution in [3.63, 3.8) is 0 Å². The summed E-state index contributed by atoms with van der Waals surface area (Å²) < 4.78 is 0.849. The third kappa shape index (κ3) is 7.89. The molecule has 0 aliphatic carbocycles. The molecule has 7 nitrogen and oxygen atoms in total. The molecule has 2 aromatic rings. The van der Waals surface area contributed by atoms with Crippen LogP contribution in [-0.4, -0.2) is 27.1 Å². The molecule has 0 atom stereocenters. The summed E-state index contributed by atoms with van der Waals surface area (Å²) in [6, 6.07) is 12.9. The fourth-order valence-corrected chi connectivity index (χ4v) is 2.10. The molecule has 2 aromatic carbocycles. The molecular weight excluding hydrogens is 394 g/mol. The maximum Gasteiger partial charge on any atom is 0.328 e. The molecule has 2 N–H and O–H groups in total. The monoisotopic (exact) mass is 407 g/mol. The molecule has 0 saturated carbocycles. The van der Waals surface area contributed by atoms with Crippen LogP contribution in [0.2, 0.25) is 0 Å². The molecule has 0 amide bonds. The Kier molecular flexibility index (Phi) is 8.01. The standard InChI is InChI=1S/C9H7NO4.C8H7BrO2/c11-9(12)6-3-7-1-4-8(5-2-7)10(13)14;9-7-4-2-1-3-6(7)5-8(10)11/h1-6H,(H,11,12);1-4H,5H2,(H,10,11)/b6-3+;. The molecule has 0 spiro atoms. The van der Waals surface area contributed by atoms with Gasteiger partial charge in [0.05, 0.1) is 11.3 Å². The number of rotatable bonds is 5. The highest BCUT2D eigenvalue weighted by atomic mass is 79.9. The number of aliphatic carboxylic acids is 2. The minimum absolute atomic E-state index is 0.0162. The predicted molar refractivity (Wildman–Crippen MR) is 95.2 cm³/mol. The van der Waals surface area contributed by atoms with Gasteiger partial charge in [-0.1, -0.05) is 34.1 Å². The van der Waals surface area contributed by atoms with E-state index < -0.39 is 16.9 Å². The van der Waals surface area contributed by atoms with Crippen LogP contribution in [0.5, 0.6) is 0 Å². The second kappa shape index (κ2) is 9.99. The van der Waals surface area contributed by atoms with E-state index in [1.54, 1.807) is 6.07 Å². The van der Waals surface area contributed by atoms with Crippen LogP contribution in [0.15, 0.2) is 59.1 Å². The van der Waals surface area contributed by atoms with E-state index in [0.29, 0.717) is 5.56 Å². The number of nitrogens with zero attached hydrogens (tertiary/aromatic N) is 1. The molecular formula is C17H14BrNO6. The van der Waals surface area contributed by atoms with E-state index in [9.17, 15) is 19.7 Å². The van der Waals surface area contributed by atoms with Crippen molar-refractivity contribution in [2.75, 3.05) is 0 Å². The highest BCUT2D eigenvalue weighted by Crippen LogP contribution is 2.16. The zero-order chi connectivity index (χ0) is 18.8. The fourth-order valence-electron chi connectivity index (χ4n) is 1.68. The Labute approximate surface area is 151 Å². The van der Waals surface area contributed by atoms with Crippen LogP contribution in [0, 0.1) is 10.1 Å². The van der Waals surface area contributed by atoms with Crippen molar-refractivity contribution in [3.05, 3.63) is 80.3 Å². The summed E-state index contributed by atoms with van der Waals surface area (Å²) in [5.74, 6) is -1.86. The number of non-ortho nitro benzene ring substituents is 1. The van der Waals surface area contributed by atoms with Gasteiger partial charge >= 0.3 is 11.9 Å². The molecule has 130 valence electrons. The molecule has 2 rings (SSSR count). The Morgan fingerprint density at radius 1 is 1.08 bits per heavy atom. The maximum absolute atomic E-state index is 10.3. The number of hydrogen-bond acceptors (Lipinski definition) is 4. The predicted octanol–water partition coefficient (Wildman–Crippen LogP) is 3.77. The molecule has 8 heteroatoms. The summed E-state index contributed by atoms with van der Waals surface area (Å²) >= 11 is 3.26. The van der Waals surface area contributed by atoms with Crippen LogP contribution in [0.1, 0.15) is 11.1 Å². The summed E-state index contributed by atoms with van der Waals surface area (Å²) in [4.78, 5) is 30.2. The topological polar surface area (TPSA) is 118 Å². The molecule has 0 heterocycles. The van der Waals surface area contributed by atoms with Gasteiger partial charge in [0, 0.05) is 22.7 Å². The highest BCUT2D eigenvalue weighted by Gasteiger charge is 2.03. The molecule has 0 aromatic heterocycles. The van der Waals surface area contributed by atoms with Gasteiger partial charge in [-0.15, -0.1) is 0 Å². The lowest BCUT2D eigenvalue weighted by Gasteiger charge is -1.98. The zero-order valence-corrected chi connectivity index (χ0v) is 14.4. The number of carboxylic acid groups (broad SMARTS) is 2. The first-order valence-electron chi connectivity index (χ1n) is 6.90. The second-order valence-electron chi connectivity index (χ2n) is 4.68. The minimum atomic E-state index is -1.05. The highest BCUT2D eigenvalue weighted by molar-refractivity contribution is 9.10. The SMILES string of the molecule is O=C(O)/C=C/c1ccc([N+](=O)[O-])cc1.O=C(O)Cc1ccccc1Br. The number of halogens is 1. The summed E-state index contributed by atoms with van der Waals surface area (Å²) in [6.45, 7) is 0. The van der Waals surface area contributed by atoms with Crippen molar-refractivity contribution in [2.24, 2.45) is 0 Å². The van der Waals surface area contributed by atoms with E-state index in [1.165, 1.54) is 30.3 Å². The first-order chi connectivity index (χ1) is 11.8. The lowest BCUT2D eigenvalue weighted by Crippen LogP contribution is -2.00. The number of nitro groups is 1. The number of carbonyl (C=O) groups is 2. The molecule has 0 aliphatic heterocycles. The van der Waals surface area contributed by atoms with E-state index in [1.807, 2.05) is 18.2 Å². The third-order valence-electron chi connectivity index (χ3n) is 2.82. The van der Waals surface area contributed by atoms with E-state index in [0.717, 1.165) is 16.1 Å². The summed E-state index contributed by atoms with van der Waals surface area (Å²) in [5.41, 5.74) is 1.40. The fraction of sp³-hybridized carbons (Fsp3) is 0.0588. The Hall–Kier alpha value is -3.00. The molecule has 0 unspecified atom stereocenters. The smallest absolute Gasteiger partial charge is 0.328 e. The number of nitro benzene ring substituents is 1. The van der Waals surface area contributed by atoms with Crippen molar-refractivity contribution in [1.82, 2.24) is 0 Å². The molecule has 0 aliphatic rings.